The van der Waals surface area contributed by atoms with E-state index in [1.807, 2.05) is 30.3 Å². The third-order valence-electron chi connectivity index (χ3n) is 6.71. The SMILES string of the molecule is CC[C@H](NC(=O)c1ccccc1)[C@H]1c2cc(OC)c(OC)cc2CCN1Cc1ccc(C)cc1. The van der Waals surface area contributed by atoms with Gasteiger partial charge in [0.2, 0.25) is 0 Å². The molecule has 0 saturated heterocycles. The highest BCUT2D eigenvalue weighted by Crippen LogP contribution is 2.40. The van der Waals surface area contributed by atoms with Gasteiger partial charge in [-0.15, -0.1) is 0 Å². The predicted molar refractivity (Wildman–Crippen MR) is 136 cm³/mol. The third-order valence-corrected chi connectivity index (χ3v) is 6.71. The van der Waals surface area contributed by atoms with Crippen molar-refractivity contribution in [3.8, 4) is 11.5 Å². The van der Waals surface area contributed by atoms with Crippen LogP contribution in [0.15, 0.2) is 66.7 Å². The van der Waals surface area contributed by atoms with Crippen LogP contribution in [0, 0.1) is 6.92 Å². The molecule has 0 bridgehead atoms. The molecule has 0 aliphatic carbocycles. The first-order valence-electron chi connectivity index (χ1n) is 11.9. The first-order chi connectivity index (χ1) is 16.5. The van der Waals surface area contributed by atoms with Crippen LogP contribution in [-0.2, 0) is 13.0 Å². The van der Waals surface area contributed by atoms with Crippen LogP contribution in [0.3, 0.4) is 0 Å². The minimum atomic E-state index is -0.0599. The second-order valence-corrected chi connectivity index (χ2v) is 8.91. The number of ether oxygens (including phenoxy) is 2. The minimum Gasteiger partial charge on any atom is -0.493 e. The van der Waals surface area contributed by atoms with Crippen LogP contribution in [0.5, 0.6) is 11.5 Å². The van der Waals surface area contributed by atoms with Gasteiger partial charge in [0.1, 0.15) is 0 Å². The average molecular weight is 459 g/mol. The van der Waals surface area contributed by atoms with Gasteiger partial charge in [-0.05, 0) is 60.7 Å². The summed E-state index contributed by atoms with van der Waals surface area (Å²) in [6.07, 6.45) is 1.72. The number of hydrogen-bond donors (Lipinski definition) is 1. The van der Waals surface area contributed by atoms with Crippen molar-refractivity contribution in [2.24, 2.45) is 0 Å². The van der Waals surface area contributed by atoms with E-state index in [-0.39, 0.29) is 18.0 Å². The van der Waals surface area contributed by atoms with Gasteiger partial charge < -0.3 is 14.8 Å². The quantitative estimate of drug-likeness (QED) is 0.496. The Labute approximate surface area is 202 Å². The van der Waals surface area contributed by atoms with Crippen molar-refractivity contribution < 1.29 is 14.3 Å². The number of carbonyl (C=O) groups is 1. The smallest absolute Gasteiger partial charge is 0.251 e. The summed E-state index contributed by atoms with van der Waals surface area (Å²) in [6, 6.07) is 22.3. The lowest BCUT2D eigenvalue weighted by molar-refractivity contribution is 0.0859. The number of hydrogen-bond acceptors (Lipinski definition) is 4. The Kier molecular flexibility index (Phi) is 7.53. The van der Waals surface area contributed by atoms with Crippen LogP contribution in [0.4, 0.5) is 0 Å². The highest BCUT2D eigenvalue weighted by atomic mass is 16.5. The molecule has 3 aromatic carbocycles. The average Bonchev–Trinajstić information content (AvgIpc) is 2.88. The lowest BCUT2D eigenvalue weighted by Gasteiger charge is -2.42. The second-order valence-electron chi connectivity index (χ2n) is 8.91. The molecule has 34 heavy (non-hydrogen) atoms. The number of methoxy groups -OCH3 is 2. The highest BCUT2D eigenvalue weighted by Gasteiger charge is 2.35. The molecular weight excluding hydrogens is 424 g/mol. The molecule has 4 rings (SSSR count). The summed E-state index contributed by atoms with van der Waals surface area (Å²) in [6.45, 7) is 5.96. The van der Waals surface area contributed by atoms with E-state index < -0.39 is 0 Å². The number of rotatable bonds is 8. The van der Waals surface area contributed by atoms with E-state index in [0.717, 1.165) is 31.7 Å². The summed E-state index contributed by atoms with van der Waals surface area (Å²) in [5.74, 6) is 1.41. The molecule has 178 valence electrons. The Balaban J connectivity index is 1.72. The molecule has 1 heterocycles. The van der Waals surface area contributed by atoms with Gasteiger partial charge in [-0.1, -0.05) is 55.0 Å². The van der Waals surface area contributed by atoms with Gasteiger partial charge in [0.25, 0.3) is 5.91 Å². The van der Waals surface area contributed by atoms with Crippen molar-refractivity contribution in [2.45, 2.75) is 45.3 Å². The Morgan fingerprint density at radius 1 is 1.03 bits per heavy atom. The first kappa shape index (κ1) is 23.8. The Morgan fingerprint density at radius 2 is 1.71 bits per heavy atom. The first-order valence-corrected chi connectivity index (χ1v) is 11.9. The molecule has 0 aromatic heterocycles. The van der Waals surface area contributed by atoms with Crippen molar-refractivity contribution in [1.82, 2.24) is 10.2 Å². The van der Waals surface area contributed by atoms with Crippen molar-refractivity contribution in [3.63, 3.8) is 0 Å². The molecule has 5 nitrogen and oxygen atoms in total. The van der Waals surface area contributed by atoms with Crippen LogP contribution in [0.1, 0.15) is 52.0 Å². The van der Waals surface area contributed by atoms with E-state index in [1.54, 1.807) is 14.2 Å². The third kappa shape index (κ3) is 5.10. The topological polar surface area (TPSA) is 50.8 Å². The van der Waals surface area contributed by atoms with Gasteiger partial charge >= 0.3 is 0 Å². The zero-order valence-corrected chi connectivity index (χ0v) is 20.5. The monoisotopic (exact) mass is 458 g/mol. The molecule has 2 atom stereocenters. The fourth-order valence-electron chi connectivity index (χ4n) is 4.85. The lowest BCUT2D eigenvalue weighted by atomic mass is 9.86. The molecule has 0 fully saturated rings. The largest absolute Gasteiger partial charge is 0.493 e. The van der Waals surface area contributed by atoms with E-state index in [0.29, 0.717) is 11.3 Å². The minimum absolute atomic E-state index is 0.0162. The fourth-order valence-corrected chi connectivity index (χ4v) is 4.85. The Morgan fingerprint density at radius 3 is 2.35 bits per heavy atom. The van der Waals surface area contributed by atoms with E-state index >= 15 is 0 Å². The van der Waals surface area contributed by atoms with Crippen LogP contribution in [0.25, 0.3) is 0 Å². The van der Waals surface area contributed by atoms with Gasteiger partial charge in [-0.25, -0.2) is 0 Å². The van der Waals surface area contributed by atoms with Gasteiger partial charge in [0.15, 0.2) is 11.5 Å². The van der Waals surface area contributed by atoms with Gasteiger partial charge in [0.05, 0.1) is 20.3 Å². The standard InChI is InChI=1S/C29H34N2O3/c1-5-25(30-29(32)22-9-7-6-8-10-22)28-24-18-27(34-4)26(33-3)17-23(24)15-16-31(28)19-21-13-11-20(2)12-14-21/h6-14,17-18,25,28H,5,15-16,19H2,1-4H3,(H,30,32)/t25-,28+/m0/s1. The van der Waals surface area contributed by atoms with Crippen LogP contribution in [-0.4, -0.2) is 37.6 Å². The fraction of sp³-hybridized carbons (Fsp3) is 0.345. The lowest BCUT2D eigenvalue weighted by Crippen LogP contribution is -2.48. The van der Waals surface area contributed by atoms with E-state index in [1.165, 1.54) is 22.3 Å². The molecule has 1 amide bonds. The molecule has 0 saturated carbocycles. The number of nitrogens with zero attached hydrogens (tertiary/aromatic N) is 1. The molecule has 5 heteroatoms. The summed E-state index contributed by atoms with van der Waals surface area (Å²) in [4.78, 5) is 15.6. The number of fused-ring (bicyclic) bond motifs is 1. The maximum atomic E-state index is 13.1. The molecule has 0 unspecified atom stereocenters. The van der Waals surface area contributed by atoms with Crippen molar-refractivity contribution >= 4 is 5.91 Å². The maximum absolute atomic E-state index is 13.1. The molecule has 1 aliphatic rings. The zero-order chi connectivity index (χ0) is 24.1. The Bertz CT molecular complexity index is 1110. The summed E-state index contributed by atoms with van der Waals surface area (Å²) >= 11 is 0. The normalized spacial score (nSPS) is 16.4. The number of aryl methyl sites for hydroxylation is 1. The van der Waals surface area contributed by atoms with Gasteiger partial charge in [-0.2, -0.15) is 0 Å². The summed E-state index contributed by atoms with van der Waals surface area (Å²) in [7, 11) is 3.34. The van der Waals surface area contributed by atoms with E-state index in [9.17, 15) is 4.79 Å². The number of benzene rings is 3. The van der Waals surface area contributed by atoms with E-state index in [4.69, 9.17) is 9.47 Å². The molecule has 0 spiro atoms. The van der Waals surface area contributed by atoms with Crippen LogP contribution >= 0.6 is 0 Å². The summed E-state index contributed by atoms with van der Waals surface area (Å²) < 4.78 is 11.2. The highest BCUT2D eigenvalue weighted by molar-refractivity contribution is 5.94. The maximum Gasteiger partial charge on any atom is 0.251 e. The molecule has 1 N–H and O–H groups in total. The van der Waals surface area contributed by atoms with Gasteiger partial charge in [0, 0.05) is 24.7 Å². The van der Waals surface area contributed by atoms with Crippen molar-refractivity contribution in [3.05, 3.63) is 94.5 Å². The summed E-state index contributed by atoms with van der Waals surface area (Å²) in [5.41, 5.74) is 5.63. The Hall–Kier alpha value is -3.31. The zero-order valence-electron chi connectivity index (χ0n) is 20.5. The molecular formula is C29H34N2O3. The molecule has 1 aliphatic heterocycles. The van der Waals surface area contributed by atoms with E-state index in [2.05, 4.69) is 60.5 Å². The number of amides is 1. The molecule has 0 radical (unpaired) electrons. The second kappa shape index (κ2) is 10.7. The van der Waals surface area contributed by atoms with Crippen molar-refractivity contribution in [1.29, 1.82) is 0 Å². The van der Waals surface area contributed by atoms with Gasteiger partial charge in [-0.3, -0.25) is 9.69 Å². The number of nitrogens with one attached hydrogen (secondary N) is 1. The predicted octanol–water partition coefficient (Wildman–Crippen LogP) is 5.32. The van der Waals surface area contributed by atoms with Crippen molar-refractivity contribution in [2.75, 3.05) is 20.8 Å². The number of carbonyl (C=O) groups excluding carboxylic acids is 1. The van der Waals surface area contributed by atoms with Crippen LogP contribution < -0.4 is 14.8 Å². The van der Waals surface area contributed by atoms with Crippen LogP contribution in [0.2, 0.25) is 0 Å². The summed E-state index contributed by atoms with van der Waals surface area (Å²) in [5, 5.41) is 3.33. The molecule has 3 aromatic rings.